The van der Waals surface area contributed by atoms with Gasteiger partial charge in [0.05, 0.1) is 18.0 Å². The SMILES string of the molecule is CCC1N=C2C(C)=CN(C)C=C2N1c1ccc(CCOC(N)=O)cc1. The van der Waals surface area contributed by atoms with Gasteiger partial charge in [-0.1, -0.05) is 19.1 Å². The molecule has 1 amide bonds. The Kier molecular flexibility index (Phi) is 4.79. The molecule has 0 bridgehead atoms. The van der Waals surface area contributed by atoms with Crippen molar-refractivity contribution in [3.8, 4) is 0 Å². The van der Waals surface area contributed by atoms with Crippen LogP contribution in [-0.4, -0.2) is 36.5 Å². The van der Waals surface area contributed by atoms with E-state index in [1.165, 1.54) is 5.57 Å². The summed E-state index contributed by atoms with van der Waals surface area (Å²) in [4.78, 5) is 19.9. The Balaban J connectivity index is 1.80. The monoisotopic (exact) mass is 340 g/mol. The number of fused-ring (bicyclic) bond motifs is 1. The van der Waals surface area contributed by atoms with Gasteiger partial charge in [0, 0.05) is 31.6 Å². The number of hydrogen-bond donors (Lipinski definition) is 1. The van der Waals surface area contributed by atoms with Crippen LogP contribution in [-0.2, 0) is 11.2 Å². The van der Waals surface area contributed by atoms with Gasteiger partial charge >= 0.3 is 6.09 Å². The highest BCUT2D eigenvalue weighted by molar-refractivity contribution is 6.16. The zero-order valence-electron chi connectivity index (χ0n) is 14.9. The zero-order chi connectivity index (χ0) is 18.0. The molecule has 3 rings (SSSR count). The van der Waals surface area contributed by atoms with Gasteiger partial charge in [-0.25, -0.2) is 4.79 Å². The third kappa shape index (κ3) is 3.52. The first-order valence-corrected chi connectivity index (χ1v) is 8.50. The van der Waals surface area contributed by atoms with Crippen LogP contribution in [0.5, 0.6) is 0 Å². The molecule has 6 nitrogen and oxygen atoms in total. The summed E-state index contributed by atoms with van der Waals surface area (Å²) < 4.78 is 4.79. The Labute approximate surface area is 148 Å². The number of carbonyl (C=O) groups is 1. The number of anilines is 1. The molecule has 2 N–H and O–H groups in total. The van der Waals surface area contributed by atoms with E-state index in [-0.39, 0.29) is 6.17 Å². The Morgan fingerprint density at radius 3 is 2.64 bits per heavy atom. The molecule has 2 heterocycles. The van der Waals surface area contributed by atoms with Crippen molar-refractivity contribution in [2.45, 2.75) is 32.9 Å². The largest absolute Gasteiger partial charge is 0.449 e. The van der Waals surface area contributed by atoms with E-state index in [0.29, 0.717) is 13.0 Å². The van der Waals surface area contributed by atoms with E-state index in [9.17, 15) is 4.79 Å². The molecular weight excluding hydrogens is 316 g/mol. The van der Waals surface area contributed by atoms with Crippen molar-refractivity contribution < 1.29 is 9.53 Å². The molecule has 1 aromatic carbocycles. The van der Waals surface area contributed by atoms with Gasteiger partial charge in [-0.15, -0.1) is 0 Å². The summed E-state index contributed by atoms with van der Waals surface area (Å²) in [6.07, 6.45) is 5.18. The number of carbonyl (C=O) groups excluding carboxylic acids is 1. The molecule has 0 saturated heterocycles. The van der Waals surface area contributed by atoms with E-state index in [4.69, 9.17) is 15.5 Å². The summed E-state index contributed by atoms with van der Waals surface area (Å²) >= 11 is 0. The zero-order valence-corrected chi connectivity index (χ0v) is 14.9. The molecule has 2 aliphatic rings. The molecule has 1 atom stereocenters. The van der Waals surface area contributed by atoms with Crippen LogP contribution in [0.25, 0.3) is 0 Å². The predicted octanol–water partition coefficient (Wildman–Crippen LogP) is 3.01. The highest BCUT2D eigenvalue weighted by atomic mass is 16.5. The molecule has 132 valence electrons. The maximum Gasteiger partial charge on any atom is 0.404 e. The maximum absolute atomic E-state index is 10.6. The average Bonchev–Trinajstić information content (AvgIpc) is 2.94. The van der Waals surface area contributed by atoms with Gasteiger partial charge in [0.1, 0.15) is 6.17 Å². The van der Waals surface area contributed by atoms with Crippen LogP contribution in [0.1, 0.15) is 25.8 Å². The molecule has 0 spiro atoms. The van der Waals surface area contributed by atoms with Crippen LogP contribution < -0.4 is 10.6 Å². The third-order valence-electron chi connectivity index (χ3n) is 4.39. The van der Waals surface area contributed by atoms with Gasteiger partial charge in [0.2, 0.25) is 0 Å². The molecule has 0 aromatic heterocycles. The van der Waals surface area contributed by atoms with Crippen LogP contribution in [0.15, 0.2) is 52.9 Å². The topological polar surface area (TPSA) is 71.2 Å². The van der Waals surface area contributed by atoms with Crippen molar-refractivity contribution in [1.29, 1.82) is 0 Å². The number of ether oxygens (including phenoxy) is 1. The molecule has 0 radical (unpaired) electrons. The van der Waals surface area contributed by atoms with E-state index >= 15 is 0 Å². The normalized spacial score (nSPS) is 19.2. The fraction of sp³-hybridized carbons (Fsp3) is 0.368. The maximum atomic E-state index is 10.6. The third-order valence-corrected chi connectivity index (χ3v) is 4.39. The standard InChI is InChI=1S/C19H24N4O2/c1-4-17-21-18-13(2)11-22(3)12-16(18)23(17)15-7-5-14(6-8-15)9-10-25-19(20)24/h5-8,11-12,17H,4,9-10H2,1-3H3,(H2,20,24). The first-order chi connectivity index (χ1) is 12.0. The van der Waals surface area contributed by atoms with Crippen molar-refractivity contribution >= 4 is 17.5 Å². The van der Waals surface area contributed by atoms with Crippen molar-refractivity contribution in [3.63, 3.8) is 0 Å². The van der Waals surface area contributed by atoms with E-state index in [2.05, 4.69) is 60.3 Å². The summed E-state index contributed by atoms with van der Waals surface area (Å²) in [7, 11) is 2.03. The smallest absolute Gasteiger partial charge is 0.404 e. The van der Waals surface area contributed by atoms with Crippen molar-refractivity contribution in [3.05, 3.63) is 53.5 Å². The second kappa shape index (κ2) is 7.01. The van der Waals surface area contributed by atoms with E-state index < -0.39 is 6.09 Å². The Bertz CT molecular complexity index is 749. The quantitative estimate of drug-likeness (QED) is 0.894. The highest BCUT2D eigenvalue weighted by Crippen LogP contribution is 2.34. The molecular formula is C19H24N4O2. The highest BCUT2D eigenvalue weighted by Gasteiger charge is 2.33. The van der Waals surface area contributed by atoms with E-state index in [0.717, 1.165) is 29.1 Å². The molecule has 0 fully saturated rings. The number of nitrogens with two attached hydrogens (primary N) is 1. The minimum Gasteiger partial charge on any atom is -0.449 e. The van der Waals surface area contributed by atoms with Crippen LogP contribution in [0.3, 0.4) is 0 Å². The van der Waals surface area contributed by atoms with Crippen LogP contribution in [0, 0.1) is 0 Å². The lowest BCUT2D eigenvalue weighted by atomic mass is 10.1. The number of primary amides is 1. The number of allylic oxidation sites excluding steroid dienone is 1. The van der Waals surface area contributed by atoms with Crippen molar-refractivity contribution in [2.75, 3.05) is 18.6 Å². The Morgan fingerprint density at radius 1 is 1.28 bits per heavy atom. The fourth-order valence-electron chi connectivity index (χ4n) is 3.25. The van der Waals surface area contributed by atoms with Gasteiger partial charge in [0.25, 0.3) is 0 Å². The second-order valence-electron chi connectivity index (χ2n) is 6.31. The molecule has 6 heteroatoms. The number of nitrogens with zero attached hydrogens (tertiary/aromatic N) is 3. The number of amides is 1. The first-order valence-electron chi connectivity index (χ1n) is 8.50. The van der Waals surface area contributed by atoms with Gasteiger partial charge in [-0.05, 0) is 36.6 Å². The Hall–Kier alpha value is -2.76. The van der Waals surface area contributed by atoms with Gasteiger partial charge in [-0.2, -0.15) is 0 Å². The summed E-state index contributed by atoms with van der Waals surface area (Å²) in [5, 5.41) is 0. The van der Waals surface area contributed by atoms with E-state index in [1.54, 1.807) is 0 Å². The molecule has 2 aliphatic heterocycles. The fourth-order valence-corrected chi connectivity index (χ4v) is 3.25. The van der Waals surface area contributed by atoms with Gasteiger partial charge in [-0.3, -0.25) is 4.99 Å². The average molecular weight is 340 g/mol. The van der Waals surface area contributed by atoms with Gasteiger partial charge < -0.3 is 20.3 Å². The predicted molar refractivity (Wildman–Crippen MR) is 99.3 cm³/mol. The lowest BCUT2D eigenvalue weighted by Crippen LogP contribution is -2.31. The number of aliphatic imine (C=N–C) groups is 1. The van der Waals surface area contributed by atoms with Crippen molar-refractivity contribution in [2.24, 2.45) is 10.7 Å². The molecule has 1 aromatic rings. The molecule has 0 saturated carbocycles. The molecule has 25 heavy (non-hydrogen) atoms. The van der Waals surface area contributed by atoms with Crippen LogP contribution >= 0.6 is 0 Å². The Morgan fingerprint density at radius 2 is 2.00 bits per heavy atom. The summed E-state index contributed by atoms with van der Waals surface area (Å²) in [6, 6.07) is 8.30. The van der Waals surface area contributed by atoms with Crippen LogP contribution in [0.2, 0.25) is 0 Å². The minimum atomic E-state index is -0.735. The van der Waals surface area contributed by atoms with Gasteiger partial charge in [0.15, 0.2) is 0 Å². The summed E-state index contributed by atoms with van der Waals surface area (Å²) in [6.45, 7) is 4.54. The van der Waals surface area contributed by atoms with E-state index in [1.807, 2.05) is 7.05 Å². The summed E-state index contributed by atoms with van der Waals surface area (Å²) in [5.74, 6) is 0. The molecule has 0 aliphatic carbocycles. The minimum absolute atomic E-state index is 0.111. The number of hydrogen-bond acceptors (Lipinski definition) is 5. The molecule has 1 unspecified atom stereocenters. The lowest BCUT2D eigenvalue weighted by Gasteiger charge is -2.29. The van der Waals surface area contributed by atoms with Crippen molar-refractivity contribution in [1.82, 2.24) is 4.90 Å². The first kappa shape index (κ1) is 17.1. The summed E-state index contributed by atoms with van der Waals surface area (Å²) in [5.41, 5.74) is 10.6. The number of rotatable bonds is 5. The number of benzene rings is 1. The lowest BCUT2D eigenvalue weighted by molar-refractivity contribution is 0.158. The van der Waals surface area contributed by atoms with Crippen LogP contribution in [0.4, 0.5) is 10.5 Å². The second-order valence-corrected chi connectivity index (χ2v) is 6.31.